The topological polar surface area (TPSA) is 0 Å². The fourth-order valence-corrected chi connectivity index (χ4v) is 9.52. The van der Waals surface area contributed by atoms with Gasteiger partial charge in [-0.3, -0.25) is 0 Å². The average molecular weight is 312 g/mol. The summed E-state index contributed by atoms with van der Waals surface area (Å²) >= 11 is 1.97. The van der Waals surface area contributed by atoms with Crippen molar-refractivity contribution in [1.29, 1.82) is 0 Å². The number of hydrogen-bond donors (Lipinski definition) is 0. The Morgan fingerprint density at radius 2 is 1.61 bits per heavy atom. The Hall–Kier alpha value is 0.210. The smallest absolute Gasteiger partial charge is 0.0375 e. The van der Waals surface area contributed by atoms with Crippen molar-refractivity contribution in [1.82, 2.24) is 0 Å². The fourth-order valence-electron chi connectivity index (χ4n) is 1.83. The normalized spacial score (nSPS) is 12.1. The Bertz CT molecular complexity index is 503. The molecule has 0 aliphatic carbocycles. The highest BCUT2D eigenvalue weighted by atomic mass is 32.1. The lowest BCUT2D eigenvalue weighted by atomic mass is 10.4. The monoisotopic (exact) mass is 312 g/mol. The van der Waals surface area contributed by atoms with Gasteiger partial charge in [-0.15, -0.1) is 11.3 Å². The largest absolute Gasteiger partial charge is 0.143 e. The van der Waals surface area contributed by atoms with Gasteiger partial charge in [-0.25, -0.2) is 0 Å². The van der Waals surface area contributed by atoms with E-state index in [1.807, 2.05) is 11.3 Å². The van der Waals surface area contributed by atoms with Crippen molar-refractivity contribution in [2.45, 2.75) is 0 Å². The summed E-state index contributed by atoms with van der Waals surface area (Å²) in [7, 11) is 0.860. The van der Waals surface area contributed by atoms with Crippen LogP contribution in [-0.4, -0.2) is 26.7 Å². The SMILES string of the molecule is CP(C)c1csc(Pc2ccccc2)c1P(C)C. The predicted molar refractivity (Wildman–Crippen MR) is 95.1 cm³/mol. The molecule has 0 aliphatic heterocycles. The highest BCUT2D eigenvalue weighted by molar-refractivity contribution is 7.75. The first-order valence-corrected chi connectivity index (χ1v) is 12.2. The molecule has 0 spiro atoms. The van der Waals surface area contributed by atoms with Gasteiger partial charge in [0, 0.05) is 9.92 Å². The molecule has 0 N–H and O–H groups in total. The highest BCUT2D eigenvalue weighted by Crippen LogP contribution is 2.33. The molecule has 0 radical (unpaired) electrons. The highest BCUT2D eigenvalue weighted by Gasteiger charge is 2.16. The molecule has 1 atom stereocenters. The van der Waals surface area contributed by atoms with E-state index >= 15 is 0 Å². The molecule has 0 fully saturated rings. The zero-order chi connectivity index (χ0) is 13.1. The van der Waals surface area contributed by atoms with Crippen LogP contribution >= 0.6 is 35.8 Å². The van der Waals surface area contributed by atoms with E-state index in [4.69, 9.17) is 0 Å². The van der Waals surface area contributed by atoms with Crippen LogP contribution in [0.1, 0.15) is 0 Å². The van der Waals surface area contributed by atoms with Crippen LogP contribution < -0.4 is 20.5 Å². The van der Waals surface area contributed by atoms with E-state index in [9.17, 15) is 0 Å². The molecule has 1 aromatic heterocycles. The zero-order valence-corrected chi connectivity index (χ0v) is 14.9. The summed E-state index contributed by atoms with van der Waals surface area (Å²) in [5.74, 6) is 0. The van der Waals surface area contributed by atoms with Crippen LogP contribution in [0.15, 0.2) is 35.7 Å². The molecule has 18 heavy (non-hydrogen) atoms. The maximum absolute atomic E-state index is 2.41. The Morgan fingerprint density at radius 1 is 0.944 bits per heavy atom. The van der Waals surface area contributed by atoms with Crippen LogP contribution in [0, 0.1) is 0 Å². The lowest BCUT2D eigenvalue weighted by Crippen LogP contribution is -2.26. The van der Waals surface area contributed by atoms with Gasteiger partial charge >= 0.3 is 0 Å². The molecule has 0 saturated heterocycles. The van der Waals surface area contributed by atoms with Gasteiger partial charge in [0.05, 0.1) is 0 Å². The molecule has 96 valence electrons. The van der Waals surface area contributed by atoms with Gasteiger partial charge < -0.3 is 0 Å². The van der Waals surface area contributed by atoms with Crippen LogP contribution in [-0.2, 0) is 0 Å². The summed E-state index contributed by atoms with van der Waals surface area (Å²) in [6.45, 7) is 9.52. The van der Waals surface area contributed by atoms with E-state index in [-0.39, 0.29) is 15.8 Å². The van der Waals surface area contributed by atoms with E-state index in [2.05, 4.69) is 62.4 Å². The number of rotatable bonds is 4. The van der Waals surface area contributed by atoms with Gasteiger partial charge in [0.2, 0.25) is 0 Å². The number of benzene rings is 1. The lowest BCUT2D eigenvalue weighted by Gasteiger charge is -2.14. The molecule has 2 aromatic rings. The molecule has 0 bridgehead atoms. The molecule has 0 amide bonds. The van der Waals surface area contributed by atoms with E-state index in [0.717, 1.165) is 8.58 Å². The third-order valence-corrected chi connectivity index (χ3v) is 8.65. The van der Waals surface area contributed by atoms with Crippen LogP contribution in [0.5, 0.6) is 0 Å². The zero-order valence-electron chi connectivity index (χ0n) is 11.3. The Labute approximate surface area is 119 Å². The van der Waals surface area contributed by atoms with Crippen LogP contribution in [0.3, 0.4) is 0 Å². The second kappa shape index (κ2) is 6.58. The average Bonchev–Trinajstić information content (AvgIpc) is 2.74. The second-order valence-corrected chi connectivity index (χ2v) is 11.7. The van der Waals surface area contributed by atoms with Crippen LogP contribution in [0.2, 0.25) is 0 Å². The first kappa shape index (κ1) is 14.6. The molecule has 4 heteroatoms. The Morgan fingerprint density at radius 3 is 2.17 bits per heavy atom. The third kappa shape index (κ3) is 3.40. The number of thiophene rings is 1. The molecular weight excluding hydrogens is 293 g/mol. The molecule has 0 aliphatic rings. The van der Waals surface area contributed by atoms with Gasteiger partial charge in [-0.1, -0.05) is 46.2 Å². The minimum absolute atomic E-state index is 0.00480. The van der Waals surface area contributed by atoms with E-state index in [1.54, 1.807) is 15.2 Å². The maximum Gasteiger partial charge on any atom is 0.0375 e. The summed E-state index contributed by atoms with van der Waals surface area (Å²) in [5, 5.41) is 7.20. The minimum atomic E-state index is 0.00480. The van der Waals surface area contributed by atoms with Gasteiger partial charge in [0.15, 0.2) is 0 Å². The second-order valence-electron chi connectivity index (χ2n) is 4.58. The minimum Gasteiger partial charge on any atom is -0.143 e. The molecule has 1 unspecified atom stereocenters. The first-order chi connectivity index (χ1) is 8.59. The number of hydrogen-bond acceptors (Lipinski definition) is 1. The van der Waals surface area contributed by atoms with Crippen LogP contribution in [0.4, 0.5) is 0 Å². The summed E-state index contributed by atoms with van der Waals surface area (Å²) in [6, 6.07) is 10.9. The molecule has 0 nitrogen and oxygen atoms in total. The van der Waals surface area contributed by atoms with Crippen molar-refractivity contribution in [3.05, 3.63) is 35.7 Å². The maximum atomic E-state index is 2.41. The Kier molecular flexibility index (Phi) is 5.35. The van der Waals surface area contributed by atoms with Crippen LogP contribution in [0.25, 0.3) is 0 Å². The third-order valence-electron chi connectivity index (χ3n) is 2.71. The van der Waals surface area contributed by atoms with Crippen molar-refractivity contribution in [3.63, 3.8) is 0 Å². The van der Waals surface area contributed by atoms with Crippen molar-refractivity contribution in [3.8, 4) is 0 Å². The van der Waals surface area contributed by atoms with Crippen molar-refractivity contribution in [2.75, 3.05) is 26.7 Å². The quantitative estimate of drug-likeness (QED) is 0.761. The molecule has 1 heterocycles. The lowest BCUT2D eigenvalue weighted by molar-refractivity contribution is 1.78. The van der Waals surface area contributed by atoms with Gasteiger partial charge in [-0.2, -0.15) is 0 Å². The summed E-state index contributed by atoms with van der Waals surface area (Å²) in [6.07, 6.45) is 0. The van der Waals surface area contributed by atoms with Crippen molar-refractivity contribution >= 4 is 56.3 Å². The van der Waals surface area contributed by atoms with Gasteiger partial charge in [-0.05, 0) is 51.2 Å². The van der Waals surface area contributed by atoms with E-state index < -0.39 is 0 Å². The predicted octanol–water partition coefficient (Wildman–Crippen LogP) is 3.11. The summed E-state index contributed by atoms with van der Waals surface area (Å²) < 4.78 is 1.61. The standard InChI is InChI=1S/C14H19P3S/c1-16(2)12-10-18-14(13(12)17(3)4)15-11-8-6-5-7-9-11/h5-10,15H,1-4H3. The summed E-state index contributed by atoms with van der Waals surface area (Å²) in [5.41, 5.74) is 0. The molecule has 2 rings (SSSR count). The molecular formula is C14H19P3S. The summed E-state index contributed by atoms with van der Waals surface area (Å²) in [4.78, 5) is 0. The molecule has 0 saturated carbocycles. The van der Waals surface area contributed by atoms with E-state index in [1.165, 1.54) is 5.30 Å². The van der Waals surface area contributed by atoms with Gasteiger partial charge in [0.25, 0.3) is 0 Å². The van der Waals surface area contributed by atoms with Crippen molar-refractivity contribution in [2.24, 2.45) is 0 Å². The Balaban J connectivity index is 2.34. The first-order valence-electron chi connectivity index (χ1n) is 5.88. The van der Waals surface area contributed by atoms with E-state index in [0.29, 0.717) is 0 Å². The van der Waals surface area contributed by atoms with Crippen molar-refractivity contribution < 1.29 is 0 Å². The van der Waals surface area contributed by atoms with Gasteiger partial charge in [0.1, 0.15) is 0 Å². The fraction of sp³-hybridized carbons (Fsp3) is 0.286. The molecule has 1 aromatic carbocycles.